The number of likely N-dealkylation sites (tertiary alicyclic amines) is 1. The molecular weight excluding hydrogens is 503 g/mol. The molecule has 2 aliphatic rings. The van der Waals surface area contributed by atoms with Gasteiger partial charge in [0.25, 0.3) is 0 Å². The third kappa shape index (κ3) is 6.71. The Balaban J connectivity index is 0.00000300. The fourth-order valence-corrected chi connectivity index (χ4v) is 5.98. The number of hydrogen-bond acceptors (Lipinski definition) is 5. The van der Waals surface area contributed by atoms with Crippen molar-refractivity contribution in [3.63, 3.8) is 0 Å². The van der Waals surface area contributed by atoms with Crippen LogP contribution in [0, 0.1) is 5.92 Å². The zero-order valence-corrected chi connectivity index (χ0v) is 20.4. The first-order chi connectivity index (χ1) is 13.5. The molecule has 0 bridgehead atoms. The molecule has 0 saturated carbocycles. The lowest BCUT2D eigenvalue weighted by Crippen LogP contribution is -2.44. The van der Waals surface area contributed by atoms with E-state index in [0.717, 1.165) is 25.3 Å². The molecule has 0 aliphatic carbocycles. The number of guanidine groups is 1. The van der Waals surface area contributed by atoms with Crippen LogP contribution in [-0.2, 0) is 9.84 Å². The van der Waals surface area contributed by atoms with Gasteiger partial charge in [0.1, 0.15) is 5.75 Å². The van der Waals surface area contributed by atoms with Gasteiger partial charge in [-0.15, -0.1) is 24.0 Å². The Morgan fingerprint density at radius 1 is 1.28 bits per heavy atom. The molecule has 3 rings (SSSR count). The highest BCUT2D eigenvalue weighted by atomic mass is 127. The van der Waals surface area contributed by atoms with E-state index in [9.17, 15) is 8.42 Å². The van der Waals surface area contributed by atoms with Gasteiger partial charge in [-0.3, -0.25) is 9.89 Å². The van der Waals surface area contributed by atoms with E-state index in [2.05, 4.69) is 32.7 Å². The van der Waals surface area contributed by atoms with Crippen molar-refractivity contribution in [2.75, 3.05) is 51.8 Å². The van der Waals surface area contributed by atoms with Gasteiger partial charge in [0.2, 0.25) is 0 Å². The van der Waals surface area contributed by atoms with Crippen molar-refractivity contribution in [3.8, 4) is 5.75 Å². The predicted octanol–water partition coefficient (Wildman–Crippen LogP) is 2.05. The van der Waals surface area contributed by atoms with Gasteiger partial charge < -0.3 is 15.4 Å². The lowest BCUT2D eigenvalue weighted by atomic mass is 10.0. The van der Waals surface area contributed by atoms with Crippen LogP contribution >= 0.6 is 24.0 Å². The van der Waals surface area contributed by atoms with Crippen LogP contribution in [0.25, 0.3) is 0 Å². The average Bonchev–Trinajstić information content (AvgIpc) is 3.34. The smallest absolute Gasteiger partial charge is 0.191 e. The summed E-state index contributed by atoms with van der Waals surface area (Å²) in [7, 11) is 0.605. The van der Waals surface area contributed by atoms with Gasteiger partial charge in [0.05, 0.1) is 24.7 Å². The standard InChI is InChI=1S/C20H32N4O3S.HI/c1-21-20(22-13-16-9-12-28(25,26)15-16)23-14-18(24-10-5-6-11-24)17-7-3-4-8-19(17)27-2;/h3-4,7-8,16,18H,5-6,9-15H2,1-2H3,(H2,21,22,23);1H. The third-order valence-corrected chi connectivity index (χ3v) is 7.49. The number of hydrogen-bond donors (Lipinski definition) is 2. The van der Waals surface area contributed by atoms with E-state index in [1.165, 1.54) is 18.4 Å². The van der Waals surface area contributed by atoms with E-state index < -0.39 is 9.84 Å². The number of sulfone groups is 1. The molecule has 1 aromatic rings. The molecule has 1 aromatic carbocycles. The summed E-state index contributed by atoms with van der Waals surface area (Å²) in [6.07, 6.45) is 3.16. The largest absolute Gasteiger partial charge is 0.496 e. The SMILES string of the molecule is CN=C(NCC1CCS(=O)(=O)C1)NCC(c1ccccc1OC)N1CCCC1.I. The fraction of sp³-hybridized carbons (Fsp3) is 0.650. The summed E-state index contributed by atoms with van der Waals surface area (Å²) in [4.78, 5) is 6.80. The topological polar surface area (TPSA) is 83.0 Å². The second-order valence-electron chi connectivity index (χ2n) is 7.60. The van der Waals surface area contributed by atoms with Crippen LogP contribution in [0.1, 0.15) is 30.9 Å². The van der Waals surface area contributed by atoms with Gasteiger partial charge >= 0.3 is 0 Å². The first kappa shape index (κ1) is 24.2. The van der Waals surface area contributed by atoms with Crippen molar-refractivity contribution in [2.24, 2.45) is 10.9 Å². The van der Waals surface area contributed by atoms with Gasteiger partial charge in [-0.2, -0.15) is 0 Å². The number of ether oxygens (including phenoxy) is 1. The first-order valence-corrected chi connectivity index (χ1v) is 11.9. The quantitative estimate of drug-likeness (QED) is 0.316. The minimum atomic E-state index is -2.85. The number of nitrogens with zero attached hydrogens (tertiary/aromatic N) is 2. The van der Waals surface area contributed by atoms with Gasteiger partial charge in [-0.1, -0.05) is 18.2 Å². The van der Waals surface area contributed by atoms with E-state index >= 15 is 0 Å². The highest BCUT2D eigenvalue weighted by Gasteiger charge is 2.28. The molecule has 2 saturated heterocycles. The molecule has 2 unspecified atom stereocenters. The van der Waals surface area contributed by atoms with Crippen LogP contribution in [0.3, 0.4) is 0 Å². The molecule has 7 nitrogen and oxygen atoms in total. The van der Waals surface area contributed by atoms with Crippen molar-refractivity contribution in [1.82, 2.24) is 15.5 Å². The number of rotatable bonds is 7. The Hall–Kier alpha value is -1.07. The molecule has 0 radical (unpaired) electrons. The summed E-state index contributed by atoms with van der Waals surface area (Å²) in [6, 6.07) is 8.38. The van der Waals surface area contributed by atoms with Gasteiger partial charge in [0.15, 0.2) is 15.8 Å². The highest BCUT2D eigenvalue weighted by molar-refractivity contribution is 14.0. The highest BCUT2D eigenvalue weighted by Crippen LogP contribution is 2.31. The zero-order chi connectivity index (χ0) is 20.0. The zero-order valence-electron chi connectivity index (χ0n) is 17.3. The summed E-state index contributed by atoms with van der Waals surface area (Å²) < 4.78 is 28.9. The van der Waals surface area contributed by atoms with Crippen molar-refractivity contribution < 1.29 is 13.2 Å². The Kier molecular flexibility index (Phi) is 9.48. The summed E-state index contributed by atoms with van der Waals surface area (Å²) in [5.41, 5.74) is 1.18. The Labute approximate surface area is 191 Å². The van der Waals surface area contributed by atoms with Crippen LogP contribution < -0.4 is 15.4 Å². The minimum Gasteiger partial charge on any atom is -0.496 e. The normalized spacial score (nSPS) is 22.7. The van der Waals surface area contributed by atoms with Crippen molar-refractivity contribution in [3.05, 3.63) is 29.8 Å². The number of halogens is 1. The van der Waals surface area contributed by atoms with Gasteiger partial charge in [-0.05, 0) is 44.3 Å². The molecule has 2 atom stereocenters. The number of nitrogens with one attached hydrogen (secondary N) is 2. The second-order valence-corrected chi connectivity index (χ2v) is 9.83. The molecule has 0 spiro atoms. The molecule has 0 aromatic heterocycles. The lowest BCUT2D eigenvalue weighted by molar-refractivity contribution is 0.239. The summed E-state index contributed by atoms with van der Waals surface area (Å²) >= 11 is 0. The summed E-state index contributed by atoms with van der Waals surface area (Å²) in [5.74, 6) is 2.35. The van der Waals surface area contributed by atoms with E-state index in [1.54, 1.807) is 14.2 Å². The van der Waals surface area contributed by atoms with Crippen molar-refractivity contribution in [1.29, 1.82) is 0 Å². The average molecular weight is 536 g/mol. The molecule has 164 valence electrons. The molecule has 0 amide bonds. The molecule has 2 N–H and O–H groups in total. The maximum Gasteiger partial charge on any atom is 0.191 e. The van der Waals surface area contributed by atoms with Crippen LogP contribution in [-0.4, -0.2) is 71.1 Å². The Morgan fingerprint density at radius 3 is 2.62 bits per heavy atom. The van der Waals surface area contributed by atoms with Gasteiger partial charge in [-0.25, -0.2) is 8.42 Å². The fourth-order valence-electron chi connectivity index (χ4n) is 4.12. The Morgan fingerprint density at radius 2 is 2.00 bits per heavy atom. The number of para-hydroxylation sites is 1. The van der Waals surface area contributed by atoms with E-state index in [-0.39, 0.29) is 41.7 Å². The minimum absolute atomic E-state index is 0. The molecule has 2 heterocycles. The summed E-state index contributed by atoms with van der Waals surface area (Å²) in [5, 5.41) is 6.73. The molecule has 2 aliphatic heterocycles. The third-order valence-electron chi connectivity index (χ3n) is 5.65. The number of benzene rings is 1. The van der Waals surface area contributed by atoms with E-state index in [4.69, 9.17) is 4.74 Å². The predicted molar refractivity (Wildman–Crippen MR) is 128 cm³/mol. The Bertz CT molecular complexity index is 782. The van der Waals surface area contributed by atoms with Crippen LogP contribution in [0.4, 0.5) is 0 Å². The molecule has 29 heavy (non-hydrogen) atoms. The van der Waals surface area contributed by atoms with Crippen molar-refractivity contribution >= 4 is 39.8 Å². The molecular formula is C20H33IN4O3S. The van der Waals surface area contributed by atoms with Crippen LogP contribution in [0.2, 0.25) is 0 Å². The van der Waals surface area contributed by atoms with Crippen molar-refractivity contribution in [2.45, 2.75) is 25.3 Å². The van der Waals surface area contributed by atoms with Crippen LogP contribution in [0.5, 0.6) is 5.75 Å². The van der Waals surface area contributed by atoms with Crippen LogP contribution in [0.15, 0.2) is 29.3 Å². The summed E-state index contributed by atoms with van der Waals surface area (Å²) in [6.45, 7) is 3.50. The second kappa shape index (κ2) is 11.4. The number of aliphatic imine (C=N–C) groups is 1. The van der Waals surface area contributed by atoms with E-state index in [0.29, 0.717) is 24.8 Å². The first-order valence-electron chi connectivity index (χ1n) is 10.0. The molecule has 2 fully saturated rings. The maximum absolute atomic E-state index is 11.6. The van der Waals surface area contributed by atoms with Gasteiger partial charge in [0, 0.05) is 25.7 Å². The monoisotopic (exact) mass is 536 g/mol. The van der Waals surface area contributed by atoms with E-state index in [1.807, 2.05) is 12.1 Å². The number of methoxy groups -OCH3 is 1. The molecule has 9 heteroatoms. The maximum atomic E-state index is 11.6. The lowest BCUT2D eigenvalue weighted by Gasteiger charge is -2.30.